The van der Waals surface area contributed by atoms with Crippen LogP contribution in [0.3, 0.4) is 0 Å². The van der Waals surface area contributed by atoms with Gasteiger partial charge in [0.1, 0.15) is 0 Å². The molecule has 0 spiro atoms. The second kappa shape index (κ2) is 39.5. The molecule has 3 fully saturated rings. The van der Waals surface area contributed by atoms with Crippen LogP contribution in [0.25, 0.3) is 60.3 Å². The number of aromatic amines is 4. The van der Waals surface area contributed by atoms with Gasteiger partial charge in [-0.2, -0.15) is 0 Å². The molecule has 6 aliphatic heterocycles. The van der Waals surface area contributed by atoms with Gasteiger partial charge in [-0.25, -0.2) is 28.8 Å². The lowest BCUT2D eigenvalue weighted by molar-refractivity contribution is -0.894. The minimum atomic E-state index is -0.769. The average Bonchev–Trinajstić information content (AvgIpc) is 1.61. The number of halogens is 2. The summed E-state index contributed by atoms with van der Waals surface area (Å²) in [6.07, 6.45) is 7.21. The monoisotopic (exact) mass is 1730 g/mol. The number of Topliss-reactive ketones (excluding diaryl/α,β-unsaturated/α-hetero) is 1. The van der Waals surface area contributed by atoms with Crippen LogP contribution in [0.1, 0.15) is 122 Å². The van der Waals surface area contributed by atoms with Crippen LogP contribution in [0, 0.1) is 0 Å². The van der Waals surface area contributed by atoms with Crippen molar-refractivity contribution in [2.75, 3.05) is 165 Å². The molecule has 113 heavy (non-hydrogen) atoms. The van der Waals surface area contributed by atoms with Crippen LogP contribution in [-0.2, 0) is 64.6 Å². The van der Waals surface area contributed by atoms with Crippen molar-refractivity contribution in [2.45, 2.75) is 105 Å². The SMILES string of the molecule is CC(C)(CN)c1c[nH]c2ccccc12.CCOC(=O)C(=O)CBr.CCOC(=O)C1=CN(C(=O)N2CCN(C)CC2)CC(C)(C)c2c1[nH]c1ccccc21.CCOC(=O)C1=CN(C(=O)N2CC[N+](C)(C)CC2)CC(C)(C)c2c1[nH]c1ccccc21.CCOC(=O)C1=CNCC(C)(C)c2c1[nH]c1ccccc21.CN1CCNCC1.[I-]. The molecule has 612 valence electrons. The van der Waals surface area contributed by atoms with Crippen LogP contribution < -0.4 is 40.3 Å². The highest BCUT2D eigenvalue weighted by atomic mass is 127. The van der Waals surface area contributed by atoms with Gasteiger partial charge in [0.15, 0.2) is 0 Å². The zero-order valence-electron chi connectivity index (χ0n) is 68.9. The number of urea groups is 2. The number of esters is 4. The maximum absolute atomic E-state index is 13.5. The number of ketones is 1. The maximum atomic E-state index is 13.5. The summed E-state index contributed by atoms with van der Waals surface area (Å²) in [5.74, 6) is -2.44. The molecule has 0 unspecified atom stereocenters. The summed E-state index contributed by atoms with van der Waals surface area (Å²) in [7, 11) is 8.59. The average molecular weight is 1730 g/mol. The van der Waals surface area contributed by atoms with Crippen molar-refractivity contribution in [2.24, 2.45) is 5.73 Å². The second-order valence-corrected chi connectivity index (χ2v) is 32.8. The van der Waals surface area contributed by atoms with E-state index in [-0.39, 0.29) is 88.8 Å². The van der Waals surface area contributed by atoms with Gasteiger partial charge in [-0.3, -0.25) is 14.6 Å². The summed E-state index contributed by atoms with van der Waals surface area (Å²) in [5, 5.41) is 11.1. The number of alkyl halides is 1. The minimum absolute atomic E-state index is 0. The first kappa shape index (κ1) is 89.7. The number of para-hydroxylation sites is 4. The predicted octanol–water partition coefficient (Wildman–Crippen LogP) is 8.61. The van der Waals surface area contributed by atoms with Crippen LogP contribution in [0.2, 0.25) is 0 Å². The van der Waals surface area contributed by atoms with Crippen LogP contribution >= 0.6 is 15.9 Å². The van der Waals surface area contributed by atoms with E-state index in [9.17, 15) is 33.6 Å². The molecule has 4 aromatic heterocycles. The molecule has 8 aromatic rings. The molecule has 0 bridgehead atoms. The number of hydrogen-bond donors (Lipinski definition) is 7. The van der Waals surface area contributed by atoms with Crippen molar-refractivity contribution in [1.29, 1.82) is 0 Å². The molecule has 27 heteroatoms. The first-order valence-electron chi connectivity index (χ1n) is 39.0. The number of piperazine rings is 3. The summed E-state index contributed by atoms with van der Waals surface area (Å²) >= 11 is 2.83. The molecule has 0 atom stereocenters. The lowest BCUT2D eigenvalue weighted by Crippen LogP contribution is -3.00. The molecule has 0 radical (unpaired) electrons. The Hall–Kier alpha value is -8.84. The van der Waals surface area contributed by atoms with E-state index in [2.05, 4.69) is 187 Å². The quantitative estimate of drug-likeness (QED) is 0.0159. The van der Waals surface area contributed by atoms with Crippen LogP contribution in [0.5, 0.6) is 0 Å². The highest BCUT2D eigenvalue weighted by Crippen LogP contribution is 2.44. The van der Waals surface area contributed by atoms with Gasteiger partial charge in [0.25, 0.3) is 0 Å². The number of likely N-dealkylation sites (N-methyl/N-ethyl adjacent to an activating group) is 3. The molecule has 3 saturated heterocycles. The number of aromatic nitrogens is 4. The number of carbonyl (C=O) groups is 7. The zero-order chi connectivity index (χ0) is 81.5. The number of amides is 4. The van der Waals surface area contributed by atoms with E-state index in [1.54, 1.807) is 49.2 Å². The number of quaternary nitrogens is 1. The summed E-state index contributed by atoms with van der Waals surface area (Å²) in [6.45, 7) is 38.9. The van der Waals surface area contributed by atoms with E-state index < -0.39 is 23.7 Å². The van der Waals surface area contributed by atoms with E-state index in [0.29, 0.717) is 69.1 Å². The third-order valence-corrected chi connectivity index (χ3v) is 21.7. The van der Waals surface area contributed by atoms with E-state index >= 15 is 0 Å². The Morgan fingerprint density at radius 2 is 0.894 bits per heavy atom. The van der Waals surface area contributed by atoms with Gasteiger partial charge in [-0.15, -0.1) is 0 Å². The largest absolute Gasteiger partial charge is 1.00 e. The zero-order valence-corrected chi connectivity index (χ0v) is 72.6. The fourth-order valence-corrected chi connectivity index (χ4v) is 15.2. The third-order valence-electron chi connectivity index (χ3n) is 21.2. The molecule has 14 rings (SSSR count). The lowest BCUT2D eigenvalue weighted by atomic mass is 9.82. The molecule has 25 nitrogen and oxygen atoms in total. The van der Waals surface area contributed by atoms with Crippen LogP contribution in [-0.4, -0.2) is 260 Å². The van der Waals surface area contributed by atoms with Crippen LogP contribution in [0.4, 0.5) is 9.59 Å². The molecule has 4 amide bonds. The highest BCUT2D eigenvalue weighted by Gasteiger charge is 2.42. The Bertz CT molecular complexity index is 4730. The fourth-order valence-electron chi connectivity index (χ4n) is 14.9. The molecule has 8 N–H and O–H groups in total. The van der Waals surface area contributed by atoms with Crippen molar-refractivity contribution in [1.82, 2.24) is 60.0 Å². The molecule has 10 heterocycles. The summed E-state index contributed by atoms with van der Waals surface area (Å²) in [4.78, 5) is 111. The number of carbonyl (C=O) groups excluding carboxylic acids is 7. The van der Waals surface area contributed by atoms with E-state index in [4.69, 9.17) is 19.9 Å². The number of nitrogens with one attached hydrogen (secondary N) is 6. The fraction of sp³-hybridized carbons (Fsp3) is 0.477. The summed E-state index contributed by atoms with van der Waals surface area (Å²) in [5.41, 5.74) is 17.5. The first-order chi connectivity index (χ1) is 53.2. The summed E-state index contributed by atoms with van der Waals surface area (Å²) < 4.78 is 21.2. The number of fused-ring (bicyclic) bond motifs is 10. The molecule has 0 aliphatic carbocycles. The van der Waals surface area contributed by atoms with Crippen molar-refractivity contribution in [3.63, 3.8) is 0 Å². The molecular weight excluding hydrogens is 1610 g/mol. The number of benzene rings is 4. The number of nitrogens with two attached hydrogens (primary N) is 1. The smallest absolute Gasteiger partial charge is 0.375 e. The topological polar surface area (TPSA) is 289 Å². The maximum Gasteiger partial charge on any atom is 0.375 e. The van der Waals surface area contributed by atoms with Crippen molar-refractivity contribution in [3.8, 4) is 0 Å². The Balaban J connectivity index is 0.000000181. The highest BCUT2D eigenvalue weighted by molar-refractivity contribution is 9.09. The number of hydrogen-bond acceptors (Lipinski definition) is 16. The van der Waals surface area contributed by atoms with Gasteiger partial charge in [-0.1, -0.05) is 144 Å². The van der Waals surface area contributed by atoms with Gasteiger partial charge in [0.05, 0.1) is 106 Å². The predicted molar refractivity (Wildman–Crippen MR) is 449 cm³/mol. The molecule has 0 saturated carbocycles. The number of H-pyrrole nitrogens is 4. The van der Waals surface area contributed by atoms with Gasteiger partial charge in [0.2, 0.25) is 5.78 Å². The van der Waals surface area contributed by atoms with Gasteiger partial charge in [0, 0.05) is 169 Å². The number of rotatable bonds is 11. The standard InChI is InChI=1S/C24H33N4O3.C23H30N4O3.C17H20N2O2.C12H16N2.C5H7BrO3.C5H12N2.HI/c1-6-31-22(29)18-15-27(23(30)26-11-13-28(4,5)14-12-26)16-24(2,3)20-17-9-7-8-10-19(17)25-21(18)20;1-5-30-21(28)17-14-27(22(29)26-12-10-25(4)11-13-26)15-23(2,3)19-16-8-6-7-9-18(16)24-20(17)19;1-4-21-16(20)12-9-18-10-17(2,3)14-11-7-5-6-8-13(11)19-15(12)14;1-12(2,8-13)10-7-14-11-6-4-3-5-9(10)11;1-2-9-5(8)4(7)3-6;1-7-4-2-6-3-5-7;/h7-10,15,25H,6,11-14,16H2,1-5H3;6-9,14,24H,5,10-13,15H2,1-4H3;5-9,18-19H,4,10H2,1-3H3;3-7,14H,8,13H2,1-2H3;2-3H2,1H3;6H,2-5H2,1H3;1H/q+1;;;;;;/p-1. The van der Waals surface area contributed by atoms with Crippen LogP contribution in [0.15, 0.2) is 122 Å². The van der Waals surface area contributed by atoms with E-state index in [1.807, 2.05) is 77.4 Å². The van der Waals surface area contributed by atoms with Gasteiger partial charge < -0.3 is 103 Å². The molecular formula is C86H118BrIN14O11. The van der Waals surface area contributed by atoms with Gasteiger partial charge in [-0.05, 0) is 88.3 Å². The normalized spacial score (nSPS) is 17.5. The Morgan fingerprint density at radius 3 is 1.30 bits per heavy atom. The minimum Gasteiger partial charge on any atom is -1.00 e. The Labute approximate surface area is 690 Å². The Kier molecular flexibility index (Phi) is 31.3. The summed E-state index contributed by atoms with van der Waals surface area (Å²) in [6, 6.07) is 32.5. The molecule has 4 aromatic carbocycles. The van der Waals surface area contributed by atoms with Gasteiger partial charge >= 0.3 is 35.9 Å². The lowest BCUT2D eigenvalue weighted by Gasteiger charge is -2.41. The first-order valence-corrected chi connectivity index (χ1v) is 40.1. The second-order valence-electron chi connectivity index (χ2n) is 32.2. The van der Waals surface area contributed by atoms with Crippen molar-refractivity contribution < 1.29 is 81.0 Å². The van der Waals surface area contributed by atoms with Crippen molar-refractivity contribution in [3.05, 3.63) is 161 Å². The Morgan fingerprint density at radius 1 is 0.513 bits per heavy atom. The van der Waals surface area contributed by atoms with E-state index in [0.717, 1.165) is 111 Å². The number of nitrogens with zero attached hydrogens (tertiary/aromatic N) is 7. The third kappa shape index (κ3) is 21.8. The van der Waals surface area contributed by atoms with Crippen molar-refractivity contribution >= 4 is 118 Å². The molecule has 6 aliphatic rings. The number of ether oxygens (including phenoxy) is 4. The van der Waals surface area contributed by atoms with E-state index in [1.165, 1.54) is 35.1 Å².